The Labute approximate surface area is 207 Å². The fraction of sp³-hybridized carbons (Fsp3) is 0.500. The molecule has 1 saturated heterocycles. The number of hydrogen-bond acceptors (Lipinski definition) is 4. The van der Waals surface area contributed by atoms with Gasteiger partial charge in [0.25, 0.3) is 0 Å². The van der Waals surface area contributed by atoms with E-state index in [1.807, 2.05) is 26.0 Å². The second kappa shape index (κ2) is 11.8. The highest BCUT2D eigenvalue weighted by Crippen LogP contribution is 2.28. The van der Waals surface area contributed by atoms with Crippen LogP contribution in [0.4, 0.5) is 14.9 Å². The van der Waals surface area contributed by atoms with Gasteiger partial charge in [0.15, 0.2) is 5.78 Å². The molecule has 190 valence electrons. The summed E-state index contributed by atoms with van der Waals surface area (Å²) >= 11 is 0. The van der Waals surface area contributed by atoms with Gasteiger partial charge in [-0.05, 0) is 87.4 Å². The van der Waals surface area contributed by atoms with Crippen LogP contribution in [0.1, 0.15) is 56.0 Å². The van der Waals surface area contributed by atoms with Gasteiger partial charge in [-0.2, -0.15) is 0 Å². The number of piperidine rings is 1. The van der Waals surface area contributed by atoms with Crippen LogP contribution in [0.3, 0.4) is 0 Å². The Balaban J connectivity index is 1.68. The third kappa shape index (κ3) is 7.87. The van der Waals surface area contributed by atoms with Gasteiger partial charge in [0.1, 0.15) is 5.82 Å². The lowest BCUT2D eigenvalue weighted by atomic mass is 9.87. The van der Waals surface area contributed by atoms with E-state index in [1.165, 1.54) is 24.0 Å². The van der Waals surface area contributed by atoms with E-state index < -0.39 is 11.6 Å². The zero-order valence-corrected chi connectivity index (χ0v) is 21.0. The van der Waals surface area contributed by atoms with Crippen molar-refractivity contribution in [2.75, 3.05) is 31.1 Å². The number of ketones is 1. The fourth-order valence-corrected chi connectivity index (χ4v) is 5.14. The zero-order valence-electron chi connectivity index (χ0n) is 21.0. The molecule has 3 N–H and O–H groups in total. The zero-order chi connectivity index (χ0) is 25.6. The average Bonchev–Trinajstić information content (AvgIpc) is 2.80. The normalized spacial score (nSPS) is 16.7. The molecular weight excluding hydrogens is 445 g/mol. The summed E-state index contributed by atoms with van der Waals surface area (Å²) in [5, 5.41) is 11.7. The fourth-order valence-electron chi connectivity index (χ4n) is 5.14. The largest absolute Gasteiger partial charge is 0.387 e. The molecule has 0 bridgehead atoms. The molecule has 0 spiro atoms. The predicted molar refractivity (Wildman–Crippen MR) is 137 cm³/mol. The van der Waals surface area contributed by atoms with Crippen LogP contribution in [0.25, 0.3) is 0 Å². The molecule has 0 aliphatic carbocycles. The number of nitrogens with two attached hydrogens (primary N) is 1. The summed E-state index contributed by atoms with van der Waals surface area (Å²) in [5.74, 6) is 0.420. The maximum atomic E-state index is 13.2. The Hall–Kier alpha value is -2.77. The molecule has 1 heterocycles. The Bertz CT molecular complexity index is 1000. The van der Waals surface area contributed by atoms with E-state index in [4.69, 9.17) is 5.73 Å². The molecule has 0 unspecified atom stereocenters. The predicted octanol–water partition coefficient (Wildman–Crippen LogP) is 4.65. The van der Waals surface area contributed by atoms with Crippen LogP contribution < -0.4 is 10.6 Å². The number of halogens is 1. The van der Waals surface area contributed by atoms with E-state index >= 15 is 0 Å². The van der Waals surface area contributed by atoms with E-state index in [1.54, 1.807) is 24.3 Å². The van der Waals surface area contributed by atoms with Crippen LogP contribution in [-0.4, -0.2) is 53.6 Å². The Morgan fingerprint density at radius 3 is 2.40 bits per heavy atom. The molecule has 2 aromatic carbocycles. The molecule has 0 aromatic heterocycles. The second-order valence-corrected chi connectivity index (χ2v) is 10.4. The van der Waals surface area contributed by atoms with Crippen molar-refractivity contribution in [2.24, 2.45) is 17.6 Å². The van der Waals surface area contributed by atoms with Crippen molar-refractivity contribution in [3.63, 3.8) is 0 Å². The first-order valence-electron chi connectivity index (χ1n) is 12.4. The number of urea groups is 1. The SMILES string of the molecule is CC(=O)c1cccc(N(C[C@](O)(CC(C)C)CN2CCC(Cc3ccc(F)cc3)CC2)C(N)=O)c1. The standard InChI is InChI=1S/C28H38FN3O3/c1-20(2)17-28(35,19-32(27(30)34)26-6-4-5-24(16-26)21(3)33)18-31-13-11-23(12-14-31)15-22-7-9-25(29)10-8-22/h4-10,16,20,23,35H,11-15,17-19H2,1-3H3,(H2,30,34)/t28-/m0/s1. The molecule has 2 aromatic rings. The van der Waals surface area contributed by atoms with E-state index in [9.17, 15) is 19.1 Å². The third-order valence-electron chi connectivity index (χ3n) is 6.73. The number of β-amino-alcohol motifs (C(OH)–C–C–N with tert-alkyl or cyclic N) is 1. The van der Waals surface area contributed by atoms with E-state index in [-0.39, 0.29) is 24.1 Å². The number of nitrogens with zero attached hydrogens (tertiary/aromatic N) is 2. The van der Waals surface area contributed by atoms with Crippen LogP contribution in [0.5, 0.6) is 0 Å². The summed E-state index contributed by atoms with van der Waals surface area (Å²) in [6, 6.07) is 12.8. The molecule has 35 heavy (non-hydrogen) atoms. The Kier molecular flexibility index (Phi) is 9.03. The number of primary amides is 1. The van der Waals surface area contributed by atoms with Crippen LogP contribution in [0, 0.1) is 17.7 Å². The highest BCUT2D eigenvalue weighted by molar-refractivity contribution is 5.97. The molecule has 3 rings (SSSR count). The number of likely N-dealkylation sites (tertiary alicyclic amines) is 1. The van der Waals surface area contributed by atoms with Crippen LogP contribution in [0.2, 0.25) is 0 Å². The molecule has 1 fully saturated rings. The first-order chi connectivity index (χ1) is 16.5. The molecule has 1 aliphatic heterocycles. The number of benzene rings is 2. The Morgan fingerprint density at radius 2 is 1.83 bits per heavy atom. The smallest absolute Gasteiger partial charge is 0.319 e. The molecule has 6 nitrogen and oxygen atoms in total. The minimum absolute atomic E-state index is 0.0530. The second-order valence-electron chi connectivity index (χ2n) is 10.4. The number of anilines is 1. The lowest BCUT2D eigenvalue weighted by molar-refractivity contribution is -0.0138. The maximum absolute atomic E-state index is 13.2. The summed E-state index contributed by atoms with van der Waals surface area (Å²) < 4.78 is 13.2. The summed E-state index contributed by atoms with van der Waals surface area (Å²) in [6.45, 7) is 7.76. The van der Waals surface area contributed by atoms with Crippen LogP contribution in [-0.2, 0) is 6.42 Å². The van der Waals surface area contributed by atoms with Gasteiger partial charge in [0.05, 0.1) is 12.1 Å². The quantitative estimate of drug-likeness (QED) is 0.482. The van der Waals surface area contributed by atoms with Gasteiger partial charge in [-0.1, -0.05) is 38.1 Å². The highest BCUT2D eigenvalue weighted by Gasteiger charge is 2.35. The van der Waals surface area contributed by atoms with E-state index in [0.29, 0.717) is 30.1 Å². The number of rotatable bonds is 10. The van der Waals surface area contributed by atoms with Gasteiger partial charge >= 0.3 is 6.03 Å². The number of aliphatic hydroxyl groups is 1. The monoisotopic (exact) mass is 483 g/mol. The minimum atomic E-state index is -1.15. The van der Waals surface area contributed by atoms with Gasteiger partial charge in [-0.3, -0.25) is 9.69 Å². The van der Waals surface area contributed by atoms with Gasteiger partial charge in [0.2, 0.25) is 0 Å². The van der Waals surface area contributed by atoms with Crippen molar-refractivity contribution in [3.8, 4) is 0 Å². The first-order valence-corrected chi connectivity index (χ1v) is 12.4. The van der Waals surface area contributed by atoms with Crippen molar-refractivity contribution in [1.29, 1.82) is 0 Å². The summed E-state index contributed by atoms with van der Waals surface area (Å²) in [4.78, 5) is 27.9. The lowest BCUT2D eigenvalue weighted by Crippen LogP contribution is -2.55. The number of amides is 2. The van der Waals surface area contributed by atoms with Gasteiger partial charge in [-0.15, -0.1) is 0 Å². The highest BCUT2D eigenvalue weighted by atomic mass is 19.1. The van der Waals surface area contributed by atoms with E-state index in [0.717, 1.165) is 37.9 Å². The molecular formula is C28H38FN3O3. The van der Waals surface area contributed by atoms with Crippen LogP contribution >= 0.6 is 0 Å². The lowest BCUT2D eigenvalue weighted by Gasteiger charge is -2.41. The summed E-state index contributed by atoms with van der Waals surface area (Å²) in [7, 11) is 0. The topological polar surface area (TPSA) is 86.9 Å². The molecule has 7 heteroatoms. The Morgan fingerprint density at radius 1 is 1.17 bits per heavy atom. The molecule has 0 radical (unpaired) electrons. The summed E-state index contributed by atoms with van der Waals surface area (Å²) in [6.07, 6.45) is 3.43. The number of hydrogen-bond donors (Lipinski definition) is 2. The van der Waals surface area contributed by atoms with Crippen molar-refractivity contribution in [3.05, 3.63) is 65.5 Å². The molecule has 1 atom stereocenters. The van der Waals surface area contributed by atoms with Gasteiger partial charge in [0, 0.05) is 17.8 Å². The number of Topliss-reactive ketones (excluding diaryl/α,β-unsaturated/α-hetero) is 1. The average molecular weight is 484 g/mol. The number of carbonyl (C=O) groups excluding carboxylic acids is 2. The molecule has 2 amide bonds. The van der Waals surface area contributed by atoms with Crippen molar-refractivity contribution >= 4 is 17.5 Å². The van der Waals surface area contributed by atoms with Crippen LogP contribution in [0.15, 0.2) is 48.5 Å². The van der Waals surface area contributed by atoms with Crippen molar-refractivity contribution in [1.82, 2.24) is 4.90 Å². The molecule has 1 aliphatic rings. The third-order valence-corrected chi connectivity index (χ3v) is 6.73. The van der Waals surface area contributed by atoms with E-state index in [2.05, 4.69) is 4.90 Å². The first kappa shape index (κ1) is 26.8. The minimum Gasteiger partial charge on any atom is -0.387 e. The van der Waals surface area contributed by atoms with Gasteiger partial charge < -0.3 is 15.7 Å². The number of carbonyl (C=O) groups is 2. The maximum Gasteiger partial charge on any atom is 0.319 e. The molecule has 0 saturated carbocycles. The van der Waals surface area contributed by atoms with Gasteiger partial charge in [-0.25, -0.2) is 9.18 Å². The summed E-state index contributed by atoms with van der Waals surface area (Å²) in [5.41, 5.74) is 6.71. The van der Waals surface area contributed by atoms with Crippen molar-refractivity contribution < 1.29 is 19.1 Å². The van der Waals surface area contributed by atoms with Crippen molar-refractivity contribution in [2.45, 2.75) is 52.1 Å².